The number of nitrogens with one attached hydrogen (secondary N) is 2. The molecule has 1 fully saturated rings. The first-order valence-corrected chi connectivity index (χ1v) is 9.75. The molecule has 2 amide bonds. The Bertz CT molecular complexity index is 724. The minimum atomic E-state index is 0. The van der Waals surface area contributed by atoms with Crippen molar-refractivity contribution in [3.63, 3.8) is 0 Å². The van der Waals surface area contributed by atoms with E-state index in [1.807, 2.05) is 34.9 Å². The van der Waals surface area contributed by atoms with Crippen molar-refractivity contribution in [2.45, 2.75) is 38.6 Å². The summed E-state index contributed by atoms with van der Waals surface area (Å²) in [6, 6.07) is 8.26. The van der Waals surface area contributed by atoms with E-state index in [2.05, 4.69) is 21.7 Å². The summed E-state index contributed by atoms with van der Waals surface area (Å²) in [7, 11) is 1.69. The van der Waals surface area contributed by atoms with Crippen LogP contribution in [-0.2, 0) is 16.0 Å². The van der Waals surface area contributed by atoms with Gasteiger partial charge in [0, 0.05) is 44.8 Å². The van der Waals surface area contributed by atoms with Crippen LogP contribution in [0.3, 0.4) is 0 Å². The average molecular weight is 499 g/mol. The van der Waals surface area contributed by atoms with Gasteiger partial charge in [-0.2, -0.15) is 0 Å². The molecule has 2 aliphatic heterocycles. The van der Waals surface area contributed by atoms with Crippen molar-refractivity contribution in [2.75, 3.05) is 38.1 Å². The lowest BCUT2D eigenvalue weighted by atomic mass is 10.0. The Morgan fingerprint density at radius 2 is 2.00 bits per heavy atom. The summed E-state index contributed by atoms with van der Waals surface area (Å²) in [5, 5.41) is 6.45. The fourth-order valence-electron chi connectivity index (χ4n) is 3.76. The summed E-state index contributed by atoms with van der Waals surface area (Å²) in [4.78, 5) is 32.5. The molecule has 0 radical (unpaired) electrons. The van der Waals surface area contributed by atoms with Crippen molar-refractivity contribution in [2.24, 2.45) is 4.99 Å². The molecule has 8 heteroatoms. The van der Waals surface area contributed by atoms with Crippen LogP contribution in [0.2, 0.25) is 0 Å². The molecule has 1 aromatic rings. The van der Waals surface area contributed by atoms with E-state index in [0.29, 0.717) is 18.9 Å². The van der Waals surface area contributed by atoms with Gasteiger partial charge in [0.2, 0.25) is 11.8 Å². The van der Waals surface area contributed by atoms with Crippen LogP contribution in [0.5, 0.6) is 0 Å². The normalized spacial score (nSPS) is 18.9. The quantitative estimate of drug-likeness (QED) is 0.376. The Balaban J connectivity index is 0.00000280. The van der Waals surface area contributed by atoms with Gasteiger partial charge in [-0.25, -0.2) is 0 Å². The van der Waals surface area contributed by atoms with Crippen LogP contribution in [-0.4, -0.2) is 61.9 Å². The lowest BCUT2D eigenvalue weighted by molar-refractivity contribution is -0.129. The van der Waals surface area contributed by atoms with Crippen molar-refractivity contribution in [3.05, 3.63) is 29.8 Å². The average Bonchev–Trinajstić information content (AvgIpc) is 3.18. The molecule has 1 unspecified atom stereocenters. The maximum absolute atomic E-state index is 12.7. The van der Waals surface area contributed by atoms with E-state index in [1.54, 1.807) is 7.05 Å². The summed E-state index contributed by atoms with van der Waals surface area (Å²) < 4.78 is 0. The number of halogens is 1. The number of aryl methyl sites for hydroxylation is 1. The van der Waals surface area contributed by atoms with Crippen molar-refractivity contribution in [1.29, 1.82) is 0 Å². The molecule has 7 nitrogen and oxygen atoms in total. The molecule has 1 saturated heterocycles. The highest BCUT2D eigenvalue weighted by Crippen LogP contribution is 2.26. The van der Waals surface area contributed by atoms with E-state index >= 15 is 0 Å². The van der Waals surface area contributed by atoms with E-state index in [9.17, 15) is 9.59 Å². The molecule has 2 heterocycles. The number of aliphatic imine (C=N–C) groups is 1. The van der Waals surface area contributed by atoms with Crippen LogP contribution in [0, 0.1) is 0 Å². The summed E-state index contributed by atoms with van der Waals surface area (Å²) in [6.07, 6.45) is 3.43. The molecule has 0 saturated carbocycles. The largest absolute Gasteiger partial charge is 0.352 e. The summed E-state index contributed by atoms with van der Waals surface area (Å²) in [5.74, 6) is 0.824. The molecule has 0 aromatic heterocycles. The van der Waals surface area contributed by atoms with E-state index in [1.165, 1.54) is 5.56 Å². The second-order valence-corrected chi connectivity index (χ2v) is 7.03. The molecule has 28 heavy (non-hydrogen) atoms. The lowest BCUT2D eigenvalue weighted by Crippen LogP contribution is -2.49. The van der Waals surface area contributed by atoms with Crippen LogP contribution in [0.4, 0.5) is 5.69 Å². The Labute approximate surface area is 184 Å². The minimum Gasteiger partial charge on any atom is -0.352 e. The maximum Gasteiger partial charge on any atom is 0.246 e. The Morgan fingerprint density at radius 3 is 2.75 bits per heavy atom. The molecule has 0 spiro atoms. The van der Waals surface area contributed by atoms with Crippen LogP contribution < -0.4 is 15.5 Å². The number of nitrogens with zero attached hydrogens (tertiary/aromatic N) is 3. The predicted molar refractivity (Wildman–Crippen MR) is 122 cm³/mol. The molecular weight excluding hydrogens is 469 g/mol. The van der Waals surface area contributed by atoms with Gasteiger partial charge in [-0.05, 0) is 30.9 Å². The smallest absolute Gasteiger partial charge is 0.246 e. The molecule has 0 bridgehead atoms. The SMILES string of the molecule is CCC(=O)N1CCC(NC(=NC)NCC(=O)N2CCCc3ccccc32)C1.I. The number of anilines is 1. The molecule has 0 aliphatic carbocycles. The Kier molecular flexibility index (Phi) is 8.53. The fraction of sp³-hybridized carbons (Fsp3) is 0.550. The van der Waals surface area contributed by atoms with Gasteiger partial charge in [0.1, 0.15) is 0 Å². The van der Waals surface area contributed by atoms with Crippen LogP contribution in [0.25, 0.3) is 0 Å². The molecule has 3 rings (SSSR count). The van der Waals surface area contributed by atoms with E-state index in [-0.39, 0.29) is 48.4 Å². The number of fused-ring (bicyclic) bond motifs is 1. The third-order valence-electron chi connectivity index (χ3n) is 5.23. The van der Waals surface area contributed by atoms with Gasteiger partial charge in [0.15, 0.2) is 5.96 Å². The number of benzene rings is 1. The van der Waals surface area contributed by atoms with Crippen LogP contribution >= 0.6 is 24.0 Å². The number of carbonyl (C=O) groups excluding carboxylic acids is 2. The maximum atomic E-state index is 12.7. The summed E-state index contributed by atoms with van der Waals surface area (Å²) in [5.41, 5.74) is 2.24. The monoisotopic (exact) mass is 499 g/mol. The Hall–Kier alpha value is -1.84. The van der Waals surface area contributed by atoms with Gasteiger partial charge >= 0.3 is 0 Å². The number of rotatable bonds is 4. The number of carbonyl (C=O) groups is 2. The predicted octanol–water partition coefficient (Wildman–Crippen LogP) is 1.76. The van der Waals surface area contributed by atoms with Gasteiger partial charge in [-0.1, -0.05) is 25.1 Å². The zero-order valence-electron chi connectivity index (χ0n) is 16.6. The van der Waals surface area contributed by atoms with E-state index in [0.717, 1.165) is 38.0 Å². The van der Waals surface area contributed by atoms with E-state index < -0.39 is 0 Å². The van der Waals surface area contributed by atoms with Crippen molar-refractivity contribution < 1.29 is 9.59 Å². The zero-order valence-corrected chi connectivity index (χ0v) is 18.9. The minimum absolute atomic E-state index is 0. The van der Waals surface area contributed by atoms with Gasteiger partial charge in [0.05, 0.1) is 6.54 Å². The van der Waals surface area contributed by atoms with Crippen molar-refractivity contribution >= 4 is 47.4 Å². The standard InChI is InChI=1S/C20H29N5O2.HI/c1-3-18(26)24-12-10-16(14-24)23-20(21-2)22-13-19(27)25-11-6-8-15-7-4-5-9-17(15)25;/h4-5,7,9,16H,3,6,8,10-14H2,1-2H3,(H2,21,22,23);1H. The van der Waals surface area contributed by atoms with Crippen molar-refractivity contribution in [3.8, 4) is 0 Å². The zero-order chi connectivity index (χ0) is 19.2. The highest BCUT2D eigenvalue weighted by atomic mass is 127. The molecule has 2 N–H and O–H groups in total. The molecular formula is C20H30IN5O2. The number of para-hydroxylation sites is 1. The first-order valence-electron chi connectivity index (χ1n) is 9.75. The van der Waals surface area contributed by atoms with Crippen molar-refractivity contribution in [1.82, 2.24) is 15.5 Å². The molecule has 154 valence electrons. The molecule has 1 aromatic carbocycles. The second-order valence-electron chi connectivity index (χ2n) is 7.03. The topological polar surface area (TPSA) is 77.0 Å². The third-order valence-corrected chi connectivity index (χ3v) is 5.23. The van der Waals surface area contributed by atoms with Gasteiger partial charge in [-0.15, -0.1) is 24.0 Å². The number of guanidine groups is 1. The van der Waals surface area contributed by atoms with Gasteiger partial charge < -0.3 is 20.4 Å². The number of amides is 2. The van der Waals surface area contributed by atoms with Gasteiger partial charge in [0.25, 0.3) is 0 Å². The van der Waals surface area contributed by atoms with E-state index in [4.69, 9.17) is 0 Å². The lowest BCUT2D eigenvalue weighted by Gasteiger charge is -2.29. The second kappa shape index (κ2) is 10.6. The third kappa shape index (κ3) is 5.36. The Morgan fingerprint density at radius 1 is 1.21 bits per heavy atom. The molecule has 2 aliphatic rings. The van der Waals surface area contributed by atoms with Gasteiger partial charge in [-0.3, -0.25) is 14.6 Å². The highest BCUT2D eigenvalue weighted by Gasteiger charge is 2.26. The highest BCUT2D eigenvalue weighted by molar-refractivity contribution is 14.0. The number of hydrogen-bond acceptors (Lipinski definition) is 3. The molecule has 1 atom stereocenters. The van der Waals surface area contributed by atoms with Crippen LogP contribution in [0.15, 0.2) is 29.3 Å². The number of likely N-dealkylation sites (tertiary alicyclic amines) is 1. The van der Waals surface area contributed by atoms with Crippen LogP contribution in [0.1, 0.15) is 31.7 Å². The summed E-state index contributed by atoms with van der Waals surface area (Å²) in [6.45, 7) is 4.28. The number of hydrogen-bond donors (Lipinski definition) is 2. The summed E-state index contributed by atoms with van der Waals surface area (Å²) >= 11 is 0. The fourth-order valence-corrected chi connectivity index (χ4v) is 3.76. The first-order chi connectivity index (χ1) is 13.1. The first kappa shape index (κ1) is 22.4.